The Balaban J connectivity index is 1.55. The molecule has 1 atom stereocenters. The smallest absolute Gasteiger partial charge is 0.273 e. The third-order valence-electron chi connectivity index (χ3n) is 4.98. The van der Waals surface area contributed by atoms with Crippen LogP contribution in [0.2, 0.25) is 0 Å². The molecule has 0 radical (unpaired) electrons. The van der Waals surface area contributed by atoms with Crippen molar-refractivity contribution in [3.05, 3.63) is 65.9 Å². The molecule has 1 aromatic heterocycles. The van der Waals surface area contributed by atoms with Gasteiger partial charge in [0.05, 0.1) is 25.8 Å². The van der Waals surface area contributed by atoms with Crippen molar-refractivity contribution in [1.82, 2.24) is 15.8 Å². The Bertz CT molecular complexity index is 1080. The van der Waals surface area contributed by atoms with Gasteiger partial charge in [0.15, 0.2) is 23.0 Å². The molecule has 0 spiro atoms. The number of amides is 2. The van der Waals surface area contributed by atoms with Gasteiger partial charge in [-0.25, -0.2) is 0 Å². The number of carbonyl (C=O) groups excluding carboxylic acids is 2. The van der Waals surface area contributed by atoms with Gasteiger partial charge in [0.1, 0.15) is 0 Å². The van der Waals surface area contributed by atoms with Crippen LogP contribution in [0, 0.1) is 0 Å². The van der Waals surface area contributed by atoms with Gasteiger partial charge in [0.25, 0.3) is 5.91 Å². The second-order valence-corrected chi connectivity index (χ2v) is 7.82. The molecule has 8 heteroatoms. The summed E-state index contributed by atoms with van der Waals surface area (Å²) in [5, 5.41) is 9.26. The van der Waals surface area contributed by atoms with Crippen LogP contribution >= 0.6 is 0 Å². The molecule has 0 aliphatic carbocycles. The second-order valence-electron chi connectivity index (χ2n) is 7.82. The first kappa shape index (κ1) is 24.8. The number of hydrogen-bond acceptors (Lipinski definition) is 6. The third-order valence-corrected chi connectivity index (χ3v) is 4.98. The highest BCUT2D eigenvalue weighted by Crippen LogP contribution is 2.31. The van der Waals surface area contributed by atoms with Gasteiger partial charge < -0.3 is 24.6 Å². The monoisotopic (exact) mass is 465 g/mol. The van der Waals surface area contributed by atoms with Crippen LogP contribution in [0.4, 0.5) is 0 Å². The minimum absolute atomic E-state index is 0.111. The largest absolute Gasteiger partial charge is 0.490 e. The van der Waals surface area contributed by atoms with E-state index in [1.54, 1.807) is 6.07 Å². The van der Waals surface area contributed by atoms with Crippen molar-refractivity contribution in [2.24, 2.45) is 0 Å². The Morgan fingerprint density at radius 2 is 1.68 bits per heavy atom. The molecule has 8 nitrogen and oxygen atoms in total. The molecule has 180 valence electrons. The summed E-state index contributed by atoms with van der Waals surface area (Å²) < 4.78 is 16.8. The van der Waals surface area contributed by atoms with Crippen molar-refractivity contribution in [2.75, 3.05) is 19.8 Å². The van der Waals surface area contributed by atoms with Crippen LogP contribution in [0.5, 0.6) is 11.5 Å². The van der Waals surface area contributed by atoms with Gasteiger partial charge in [0.2, 0.25) is 5.91 Å². The van der Waals surface area contributed by atoms with Gasteiger partial charge in [-0.05, 0) is 37.5 Å². The Kier molecular flexibility index (Phi) is 9.08. The van der Waals surface area contributed by atoms with Crippen LogP contribution in [0.3, 0.4) is 0 Å². The minimum atomic E-state index is -0.485. The van der Waals surface area contributed by atoms with E-state index in [2.05, 4.69) is 15.8 Å². The molecule has 3 rings (SSSR count). The zero-order valence-corrected chi connectivity index (χ0v) is 19.8. The van der Waals surface area contributed by atoms with E-state index in [1.807, 2.05) is 69.3 Å². The average molecular weight is 466 g/mol. The lowest BCUT2D eigenvalue weighted by Gasteiger charge is -2.18. The van der Waals surface area contributed by atoms with Gasteiger partial charge in [-0.15, -0.1) is 0 Å². The first-order valence-corrected chi connectivity index (χ1v) is 11.5. The summed E-state index contributed by atoms with van der Waals surface area (Å²) in [6.07, 6.45) is 1.77. The Morgan fingerprint density at radius 1 is 0.971 bits per heavy atom. The first-order valence-electron chi connectivity index (χ1n) is 11.5. The van der Waals surface area contributed by atoms with Crippen LogP contribution < -0.4 is 20.1 Å². The number of benzene rings is 2. The van der Waals surface area contributed by atoms with Crippen LogP contribution in [-0.2, 0) is 4.79 Å². The molecule has 0 aliphatic heterocycles. The van der Waals surface area contributed by atoms with Gasteiger partial charge in [-0.3, -0.25) is 9.59 Å². The molecule has 0 aliphatic rings. The van der Waals surface area contributed by atoms with E-state index in [0.717, 1.165) is 24.0 Å². The highest BCUT2D eigenvalue weighted by atomic mass is 16.5. The summed E-state index contributed by atoms with van der Waals surface area (Å²) in [5.41, 5.74) is 1.80. The van der Waals surface area contributed by atoms with E-state index in [9.17, 15) is 9.59 Å². The molecule has 0 fully saturated rings. The van der Waals surface area contributed by atoms with Crippen molar-refractivity contribution in [3.8, 4) is 22.8 Å². The Labute approximate surface area is 199 Å². The zero-order valence-electron chi connectivity index (χ0n) is 19.8. The summed E-state index contributed by atoms with van der Waals surface area (Å²) in [4.78, 5) is 24.8. The van der Waals surface area contributed by atoms with E-state index in [0.29, 0.717) is 30.5 Å². The van der Waals surface area contributed by atoms with Crippen molar-refractivity contribution in [3.63, 3.8) is 0 Å². The zero-order chi connectivity index (χ0) is 24.3. The molecular weight excluding hydrogens is 434 g/mol. The summed E-state index contributed by atoms with van der Waals surface area (Å²) in [5.74, 6) is 1.02. The van der Waals surface area contributed by atoms with Crippen LogP contribution in [-0.4, -0.2) is 36.7 Å². The molecule has 2 amide bonds. The summed E-state index contributed by atoms with van der Waals surface area (Å²) in [6, 6.07) is 16.2. The van der Waals surface area contributed by atoms with Gasteiger partial charge in [-0.1, -0.05) is 55.4 Å². The fraction of sp³-hybridized carbons (Fsp3) is 0.346. The lowest BCUT2D eigenvalue weighted by molar-refractivity contribution is -0.120. The van der Waals surface area contributed by atoms with E-state index in [4.69, 9.17) is 14.0 Å². The number of nitrogens with one attached hydrogen (secondary N) is 2. The fourth-order valence-electron chi connectivity index (χ4n) is 3.20. The quantitative estimate of drug-likeness (QED) is 0.408. The van der Waals surface area contributed by atoms with Gasteiger partial charge in [0, 0.05) is 11.6 Å². The topological polar surface area (TPSA) is 103 Å². The predicted octanol–water partition coefficient (Wildman–Crippen LogP) is 4.53. The number of ether oxygens (including phenoxy) is 2. The predicted molar refractivity (Wildman–Crippen MR) is 129 cm³/mol. The number of hydrogen-bond donors (Lipinski definition) is 2. The molecule has 2 aromatic carbocycles. The highest BCUT2D eigenvalue weighted by Gasteiger charge is 2.17. The summed E-state index contributed by atoms with van der Waals surface area (Å²) >= 11 is 0. The van der Waals surface area contributed by atoms with Crippen molar-refractivity contribution in [2.45, 2.75) is 39.7 Å². The maximum Gasteiger partial charge on any atom is 0.273 e. The van der Waals surface area contributed by atoms with E-state index in [1.165, 1.54) is 0 Å². The van der Waals surface area contributed by atoms with Crippen molar-refractivity contribution >= 4 is 11.8 Å². The molecule has 1 heterocycles. The van der Waals surface area contributed by atoms with Crippen molar-refractivity contribution in [1.29, 1.82) is 0 Å². The SMILES string of the molecule is CCCOc1ccc(C(C)NC(=O)CNC(=O)c2cc(-c3ccccc3)on2)cc1OCCC. The van der Waals surface area contributed by atoms with Crippen LogP contribution in [0.15, 0.2) is 59.1 Å². The van der Waals surface area contributed by atoms with Crippen LogP contribution in [0.1, 0.15) is 55.7 Å². The molecule has 3 aromatic rings. The Hall–Kier alpha value is -3.81. The third kappa shape index (κ3) is 6.84. The molecular formula is C26H31N3O5. The maximum atomic E-state index is 12.4. The van der Waals surface area contributed by atoms with E-state index >= 15 is 0 Å². The van der Waals surface area contributed by atoms with E-state index in [-0.39, 0.29) is 24.2 Å². The van der Waals surface area contributed by atoms with Crippen molar-refractivity contribution < 1.29 is 23.6 Å². The molecule has 1 unspecified atom stereocenters. The van der Waals surface area contributed by atoms with Gasteiger partial charge >= 0.3 is 0 Å². The summed E-state index contributed by atoms with van der Waals surface area (Å²) in [6.45, 7) is 6.94. The lowest BCUT2D eigenvalue weighted by atomic mass is 10.1. The standard InChI is InChI=1S/C26H31N3O5/c1-4-13-32-22-12-11-20(15-24(22)33-14-5-2)18(3)28-25(30)17-27-26(31)21-16-23(34-29-21)19-9-7-6-8-10-19/h6-12,15-16,18H,4-5,13-14,17H2,1-3H3,(H,27,31)(H,28,30). The van der Waals surface area contributed by atoms with Crippen LogP contribution in [0.25, 0.3) is 11.3 Å². The summed E-state index contributed by atoms with van der Waals surface area (Å²) in [7, 11) is 0. The maximum absolute atomic E-state index is 12.4. The molecule has 0 saturated carbocycles. The number of nitrogens with zero attached hydrogens (tertiary/aromatic N) is 1. The second kappa shape index (κ2) is 12.4. The number of rotatable bonds is 12. The molecule has 0 saturated heterocycles. The molecule has 0 bridgehead atoms. The first-order chi connectivity index (χ1) is 16.5. The average Bonchev–Trinajstić information content (AvgIpc) is 3.36. The molecule has 34 heavy (non-hydrogen) atoms. The highest BCUT2D eigenvalue weighted by molar-refractivity contribution is 5.95. The minimum Gasteiger partial charge on any atom is -0.490 e. The molecule has 2 N–H and O–H groups in total. The number of aromatic nitrogens is 1. The fourth-order valence-corrected chi connectivity index (χ4v) is 3.20. The normalized spacial score (nSPS) is 11.5. The lowest BCUT2D eigenvalue weighted by Crippen LogP contribution is -2.38. The van der Waals surface area contributed by atoms with E-state index < -0.39 is 5.91 Å². The Morgan fingerprint density at radius 3 is 2.38 bits per heavy atom. The van der Waals surface area contributed by atoms with Gasteiger partial charge in [-0.2, -0.15) is 0 Å². The number of carbonyl (C=O) groups is 2.